The van der Waals surface area contributed by atoms with Crippen molar-refractivity contribution in [1.29, 1.82) is 0 Å². The second-order valence-electron chi connectivity index (χ2n) is 4.41. The van der Waals surface area contributed by atoms with Crippen molar-refractivity contribution in [3.63, 3.8) is 0 Å². The van der Waals surface area contributed by atoms with Crippen LogP contribution in [0.25, 0.3) is 6.08 Å². The van der Waals surface area contributed by atoms with Crippen LogP contribution in [-0.4, -0.2) is 12.5 Å². The molecule has 0 saturated heterocycles. The van der Waals surface area contributed by atoms with Crippen LogP contribution in [0, 0.1) is 0 Å². The second kappa shape index (κ2) is 9.89. The average molecular weight is 265 g/mol. The molecular weight excluding hydrogens is 242 g/mol. The Morgan fingerprint density at radius 2 is 2.06 bits per heavy atom. The molecule has 0 atom stereocenters. The quantitative estimate of drug-likeness (QED) is 0.525. The summed E-state index contributed by atoms with van der Waals surface area (Å²) in [5.41, 5.74) is 0. The van der Waals surface area contributed by atoms with Gasteiger partial charge in [-0.25, -0.2) is 0 Å². The number of nitrogens with one attached hydrogen (secondary N) is 1. The summed E-state index contributed by atoms with van der Waals surface area (Å²) in [6.07, 6.45) is 11.0. The Hall–Kier alpha value is -1.09. The van der Waals surface area contributed by atoms with Crippen LogP contribution >= 0.6 is 11.3 Å². The first-order chi connectivity index (χ1) is 8.83. The molecule has 18 heavy (non-hydrogen) atoms. The summed E-state index contributed by atoms with van der Waals surface area (Å²) in [6, 6.07) is 3.99. The van der Waals surface area contributed by atoms with E-state index in [4.69, 9.17) is 0 Å². The molecule has 0 saturated carbocycles. The normalized spacial score (nSPS) is 10.9. The van der Waals surface area contributed by atoms with E-state index in [1.807, 2.05) is 23.6 Å². The van der Waals surface area contributed by atoms with Gasteiger partial charge in [-0.2, -0.15) is 0 Å². The summed E-state index contributed by atoms with van der Waals surface area (Å²) in [5, 5.41) is 4.92. The van der Waals surface area contributed by atoms with Gasteiger partial charge in [0, 0.05) is 17.5 Å². The number of carbonyl (C=O) groups excluding carboxylic acids is 1. The van der Waals surface area contributed by atoms with Gasteiger partial charge in [-0.1, -0.05) is 45.1 Å². The van der Waals surface area contributed by atoms with Crippen molar-refractivity contribution in [1.82, 2.24) is 5.32 Å². The zero-order valence-corrected chi connectivity index (χ0v) is 12.0. The smallest absolute Gasteiger partial charge is 0.244 e. The van der Waals surface area contributed by atoms with E-state index in [9.17, 15) is 4.79 Å². The molecular formula is C15H23NOS. The van der Waals surface area contributed by atoms with Crippen LogP contribution in [-0.2, 0) is 4.79 Å². The fourth-order valence-corrected chi connectivity index (χ4v) is 2.34. The van der Waals surface area contributed by atoms with Crippen LogP contribution in [0.1, 0.15) is 50.3 Å². The van der Waals surface area contributed by atoms with Gasteiger partial charge in [0.05, 0.1) is 0 Å². The highest BCUT2D eigenvalue weighted by atomic mass is 32.1. The molecule has 100 valence electrons. The number of carbonyl (C=O) groups is 1. The lowest BCUT2D eigenvalue weighted by Gasteiger charge is -2.02. The largest absolute Gasteiger partial charge is 0.353 e. The van der Waals surface area contributed by atoms with Crippen LogP contribution in [0.5, 0.6) is 0 Å². The molecule has 3 heteroatoms. The fourth-order valence-electron chi connectivity index (χ4n) is 1.72. The van der Waals surface area contributed by atoms with Gasteiger partial charge in [0.25, 0.3) is 0 Å². The van der Waals surface area contributed by atoms with Crippen molar-refractivity contribution in [2.75, 3.05) is 6.54 Å². The Bertz CT molecular complexity index is 343. The average Bonchev–Trinajstić information content (AvgIpc) is 2.88. The Kier molecular flexibility index (Phi) is 8.23. The molecule has 1 amide bonds. The van der Waals surface area contributed by atoms with Crippen molar-refractivity contribution in [2.24, 2.45) is 0 Å². The highest BCUT2D eigenvalue weighted by Crippen LogP contribution is 2.09. The van der Waals surface area contributed by atoms with E-state index in [0.29, 0.717) is 0 Å². The van der Waals surface area contributed by atoms with Gasteiger partial charge in [-0.3, -0.25) is 4.79 Å². The Labute approximate surface area is 114 Å². The standard InChI is InChI=1S/C15H23NOS/c1-2-3-4-5-6-7-12-16-15(17)11-10-14-9-8-13-18-14/h8-11,13H,2-7,12H2,1H3,(H,16,17). The monoisotopic (exact) mass is 265 g/mol. The molecule has 2 nitrogen and oxygen atoms in total. The highest BCUT2D eigenvalue weighted by molar-refractivity contribution is 7.10. The van der Waals surface area contributed by atoms with E-state index in [1.165, 1.54) is 32.1 Å². The maximum Gasteiger partial charge on any atom is 0.244 e. The first-order valence-corrected chi connectivity index (χ1v) is 7.70. The van der Waals surface area contributed by atoms with Crippen LogP contribution in [0.3, 0.4) is 0 Å². The predicted octanol–water partition coefficient (Wildman–Crippen LogP) is 4.24. The van der Waals surface area contributed by atoms with Crippen LogP contribution in [0.2, 0.25) is 0 Å². The van der Waals surface area contributed by atoms with Gasteiger partial charge in [0.2, 0.25) is 5.91 Å². The molecule has 0 aliphatic rings. The van der Waals surface area contributed by atoms with Gasteiger partial charge in [0.15, 0.2) is 0 Å². The molecule has 0 fully saturated rings. The first kappa shape index (κ1) is 15.0. The summed E-state index contributed by atoms with van der Waals surface area (Å²) in [4.78, 5) is 12.6. The third kappa shape index (κ3) is 7.28. The SMILES string of the molecule is CCCCCCCCNC(=O)C=Cc1cccs1. The van der Waals surface area contributed by atoms with Crippen molar-refractivity contribution >= 4 is 23.3 Å². The molecule has 0 bridgehead atoms. The minimum absolute atomic E-state index is 0.0111. The van der Waals surface area contributed by atoms with Crippen molar-refractivity contribution in [3.8, 4) is 0 Å². The number of rotatable bonds is 9. The van der Waals surface area contributed by atoms with Crippen molar-refractivity contribution < 1.29 is 4.79 Å². The lowest BCUT2D eigenvalue weighted by molar-refractivity contribution is -0.116. The maximum atomic E-state index is 11.5. The van der Waals surface area contributed by atoms with E-state index in [2.05, 4.69) is 12.2 Å². The minimum atomic E-state index is 0.0111. The minimum Gasteiger partial charge on any atom is -0.353 e. The zero-order valence-electron chi connectivity index (χ0n) is 11.2. The van der Waals surface area contributed by atoms with Crippen molar-refractivity contribution in [2.45, 2.75) is 45.4 Å². The Morgan fingerprint density at radius 3 is 2.78 bits per heavy atom. The van der Waals surface area contributed by atoms with E-state index in [1.54, 1.807) is 17.4 Å². The van der Waals surface area contributed by atoms with Gasteiger partial charge in [-0.15, -0.1) is 11.3 Å². The zero-order chi connectivity index (χ0) is 13.1. The first-order valence-electron chi connectivity index (χ1n) is 6.82. The molecule has 0 aromatic carbocycles. The highest BCUT2D eigenvalue weighted by Gasteiger charge is 1.95. The molecule has 1 aromatic rings. The number of thiophene rings is 1. The van der Waals surface area contributed by atoms with Gasteiger partial charge in [0.1, 0.15) is 0 Å². The van der Waals surface area contributed by atoms with Gasteiger partial charge >= 0.3 is 0 Å². The Morgan fingerprint density at radius 1 is 1.28 bits per heavy atom. The topological polar surface area (TPSA) is 29.1 Å². The lowest BCUT2D eigenvalue weighted by atomic mass is 10.1. The molecule has 0 radical (unpaired) electrons. The summed E-state index contributed by atoms with van der Waals surface area (Å²) >= 11 is 1.64. The van der Waals surface area contributed by atoms with Crippen molar-refractivity contribution in [3.05, 3.63) is 28.5 Å². The summed E-state index contributed by atoms with van der Waals surface area (Å²) in [7, 11) is 0. The summed E-state index contributed by atoms with van der Waals surface area (Å²) < 4.78 is 0. The molecule has 1 heterocycles. The van der Waals surface area contributed by atoms with Crippen LogP contribution < -0.4 is 5.32 Å². The predicted molar refractivity (Wildman–Crippen MR) is 79.7 cm³/mol. The van der Waals surface area contributed by atoms with E-state index in [-0.39, 0.29) is 5.91 Å². The molecule has 1 N–H and O–H groups in total. The molecule has 1 rings (SSSR count). The number of amides is 1. The number of hydrogen-bond donors (Lipinski definition) is 1. The van der Waals surface area contributed by atoms with Crippen LogP contribution in [0.4, 0.5) is 0 Å². The van der Waals surface area contributed by atoms with Crippen LogP contribution in [0.15, 0.2) is 23.6 Å². The molecule has 0 aliphatic heterocycles. The van der Waals surface area contributed by atoms with E-state index >= 15 is 0 Å². The van der Waals surface area contributed by atoms with Gasteiger partial charge in [-0.05, 0) is 23.9 Å². The molecule has 1 aromatic heterocycles. The number of unbranched alkanes of at least 4 members (excludes halogenated alkanes) is 5. The second-order valence-corrected chi connectivity index (χ2v) is 5.39. The Balaban J connectivity index is 2.00. The fraction of sp³-hybridized carbons (Fsp3) is 0.533. The van der Waals surface area contributed by atoms with E-state index in [0.717, 1.165) is 17.8 Å². The lowest BCUT2D eigenvalue weighted by Crippen LogP contribution is -2.21. The summed E-state index contributed by atoms with van der Waals surface area (Å²) in [5.74, 6) is 0.0111. The van der Waals surface area contributed by atoms with E-state index < -0.39 is 0 Å². The number of hydrogen-bond acceptors (Lipinski definition) is 2. The molecule has 0 spiro atoms. The molecule has 0 unspecified atom stereocenters. The molecule has 0 aliphatic carbocycles. The maximum absolute atomic E-state index is 11.5. The summed E-state index contributed by atoms with van der Waals surface area (Å²) in [6.45, 7) is 3.01. The van der Waals surface area contributed by atoms with Gasteiger partial charge < -0.3 is 5.32 Å². The third-order valence-electron chi connectivity index (χ3n) is 2.77. The third-order valence-corrected chi connectivity index (χ3v) is 3.61.